The average molecular weight is 606 g/mol. The van der Waals surface area contributed by atoms with Crippen molar-refractivity contribution >= 4 is 51.7 Å². The van der Waals surface area contributed by atoms with Gasteiger partial charge in [0.05, 0.1) is 18.6 Å². The highest BCUT2D eigenvalue weighted by atomic mass is 35.5. The number of methoxy groups -OCH3 is 1. The van der Waals surface area contributed by atoms with Crippen LogP contribution in [-0.2, 0) is 19.7 Å². The van der Waals surface area contributed by atoms with Gasteiger partial charge in [-0.1, -0.05) is 60.2 Å². The maximum absolute atomic E-state index is 15.4. The molecule has 1 saturated heterocycles. The highest BCUT2D eigenvalue weighted by Crippen LogP contribution is 2.33. The van der Waals surface area contributed by atoms with Crippen molar-refractivity contribution in [2.24, 2.45) is 4.40 Å². The molecule has 0 radical (unpaired) electrons. The fourth-order valence-electron chi connectivity index (χ4n) is 4.39. The number of sulfonamides is 1. The van der Waals surface area contributed by atoms with Gasteiger partial charge >= 0.3 is 0 Å². The number of hydroxylamine groups is 1. The summed E-state index contributed by atoms with van der Waals surface area (Å²) in [5, 5.41) is 3.19. The lowest BCUT2D eigenvalue weighted by molar-refractivity contribution is -0.105. The standard InChI is InChI=1S/C31H25ClFN3O5S/c1-40-30-18-27(22-4-2-20(3-5-22)21-8-10-25(32)11-9-21)28(33)17-24(30)7-6-23-16-26(12-13-29(23)34-19-37)42(38,39)36-31-14-15-41-35-31/h2-13,16-19H,14-15H2,1H3,(H,34,37)(H,35,36)/b7-6-. The van der Waals surface area contributed by atoms with Crippen LogP contribution in [0.2, 0.25) is 5.02 Å². The molecule has 4 aromatic carbocycles. The van der Waals surface area contributed by atoms with Crippen LogP contribution < -0.4 is 15.5 Å². The molecule has 2 N–H and O–H groups in total. The first-order chi connectivity index (χ1) is 20.3. The summed E-state index contributed by atoms with van der Waals surface area (Å²) in [7, 11) is -2.58. The van der Waals surface area contributed by atoms with Gasteiger partial charge in [0.1, 0.15) is 17.4 Å². The number of carbonyl (C=O) groups excluding carboxylic acids is 1. The number of amides is 1. The van der Waals surface area contributed by atoms with Crippen molar-refractivity contribution in [2.45, 2.75) is 11.3 Å². The molecule has 42 heavy (non-hydrogen) atoms. The number of anilines is 1. The highest BCUT2D eigenvalue weighted by Gasteiger charge is 2.19. The quantitative estimate of drug-likeness (QED) is 0.165. The normalized spacial score (nSPS) is 14.2. The van der Waals surface area contributed by atoms with Gasteiger partial charge in [0, 0.05) is 28.3 Å². The van der Waals surface area contributed by atoms with Crippen molar-refractivity contribution in [1.82, 2.24) is 5.48 Å². The Labute approximate surface area is 247 Å². The summed E-state index contributed by atoms with van der Waals surface area (Å²) in [6.07, 6.45) is 3.96. The molecule has 0 spiro atoms. The molecule has 0 bridgehead atoms. The molecule has 1 aliphatic heterocycles. The van der Waals surface area contributed by atoms with Gasteiger partial charge in [-0.05, 0) is 64.7 Å². The zero-order chi connectivity index (χ0) is 29.7. The number of nitrogens with zero attached hydrogens (tertiary/aromatic N) is 1. The molecule has 1 aliphatic rings. The number of amidine groups is 1. The second-order valence-electron chi connectivity index (χ2n) is 9.22. The van der Waals surface area contributed by atoms with Gasteiger partial charge in [0.25, 0.3) is 10.0 Å². The first kappa shape index (κ1) is 29.0. The van der Waals surface area contributed by atoms with Crippen LogP contribution in [0.5, 0.6) is 5.75 Å². The number of rotatable bonds is 9. The van der Waals surface area contributed by atoms with E-state index >= 15 is 4.39 Å². The average Bonchev–Trinajstić information content (AvgIpc) is 3.49. The van der Waals surface area contributed by atoms with Crippen LogP contribution in [-0.4, -0.2) is 34.4 Å². The predicted octanol–water partition coefficient (Wildman–Crippen LogP) is 6.57. The summed E-state index contributed by atoms with van der Waals surface area (Å²) in [4.78, 5) is 16.0. The maximum Gasteiger partial charge on any atom is 0.284 e. The number of halogens is 2. The lowest BCUT2D eigenvalue weighted by atomic mass is 9.98. The smallest absolute Gasteiger partial charge is 0.284 e. The van der Waals surface area contributed by atoms with Crippen molar-refractivity contribution in [3.05, 3.63) is 101 Å². The summed E-state index contributed by atoms with van der Waals surface area (Å²) in [5.41, 5.74) is 6.56. The van der Waals surface area contributed by atoms with E-state index in [0.717, 1.165) is 11.1 Å². The Morgan fingerprint density at radius 2 is 1.62 bits per heavy atom. The summed E-state index contributed by atoms with van der Waals surface area (Å²) >= 11 is 5.99. The third kappa shape index (κ3) is 6.52. The van der Waals surface area contributed by atoms with Crippen LogP contribution in [0.1, 0.15) is 17.5 Å². The number of nitrogens with one attached hydrogen (secondary N) is 2. The first-order valence-corrected chi connectivity index (χ1v) is 14.6. The van der Waals surface area contributed by atoms with E-state index in [9.17, 15) is 13.2 Å². The molecule has 5 rings (SSSR count). The lowest BCUT2D eigenvalue weighted by Gasteiger charge is -2.12. The molecule has 0 aliphatic carbocycles. The Morgan fingerprint density at radius 1 is 0.952 bits per heavy atom. The van der Waals surface area contributed by atoms with Gasteiger partial charge in [-0.3, -0.25) is 15.1 Å². The Hall–Kier alpha value is -4.51. The van der Waals surface area contributed by atoms with E-state index in [1.54, 1.807) is 18.2 Å². The van der Waals surface area contributed by atoms with E-state index in [1.165, 1.54) is 31.4 Å². The van der Waals surface area contributed by atoms with Crippen molar-refractivity contribution in [3.8, 4) is 28.0 Å². The van der Waals surface area contributed by atoms with E-state index in [0.29, 0.717) is 58.2 Å². The molecule has 214 valence electrons. The van der Waals surface area contributed by atoms with Crippen LogP contribution in [0.25, 0.3) is 34.4 Å². The molecule has 4 aromatic rings. The van der Waals surface area contributed by atoms with Crippen molar-refractivity contribution < 1.29 is 27.2 Å². The zero-order valence-electron chi connectivity index (χ0n) is 22.3. The number of ether oxygens (including phenoxy) is 1. The van der Waals surface area contributed by atoms with E-state index < -0.39 is 15.8 Å². The van der Waals surface area contributed by atoms with Gasteiger partial charge in [-0.2, -0.15) is 8.42 Å². The summed E-state index contributed by atoms with van der Waals surface area (Å²) in [5.74, 6) is 0.123. The second-order valence-corrected chi connectivity index (χ2v) is 11.3. The molecule has 11 heteroatoms. The van der Waals surface area contributed by atoms with E-state index in [1.807, 2.05) is 48.5 Å². The highest BCUT2D eigenvalue weighted by molar-refractivity contribution is 7.90. The Balaban J connectivity index is 1.45. The third-order valence-electron chi connectivity index (χ3n) is 6.53. The van der Waals surface area contributed by atoms with E-state index in [2.05, 4.69) is 15.2 Å². The Kier molecular flexibility index (Phi) is 8.67. The Bertz CT molecular complexity index is 1780. The molecule has 0 atom stereocenters. The molecule has 1 amide bonds. The fourth-order valence-corrected chi connectivity index (χ4v) is 5.56. The minimum atomic E-state index is -4.05. The second kappa shape index (κ2) is 12.6. The molecular formula is C31H25ClFN3O5S. The molecule has 1 fully saturated rings. The van der Waals surface area contributed by atoms with Gasteiger partial charge in [0.2, 0.25) is 6.41 Å². The van der Waals surface area contributed by atoms with Crippen LogP contribution in [0, 0.1) is 5.82 Å². The predicted molar refractivity (Wildman–Crippen MR) is 162 cm³/mol. The van der Waals surface area contributed by atoms with Crippen molar-refractivity contribution in [3.63, 3.8) is 0 Å². The minimum Gasteiger partial charge on any atom is -0.496 e. The lowest BCUT2D eigenvalue weighted by Crippen LogP contribution is -2.15. The SMILES string of the molecule is COc1cc(-c2ccc(-c3ccc(Cl)cc3)cc2)c(F)cc1/C=C\c1cc(S(=O)(=O)/N=C2\CCON2)ccc1NC=O. The topological polar surface area (TPSA) is 106 Å². The van der Waals surface area contributed by atoms with Crippen LogP contribution in [0.15, 0.2) is 88.2 Å². The van der Waals surface area contributed by atoms with Gasteiger partial charge in [-0.25, -0.2) is 4.39 Å². The monoisotopic (exact) mass is 605 g/mol. The van der Waals surface area contributed by atoms with Gasteiger partial charge in [-0.15, -0.1) is 4.40 Å². The summed E-state index contributed by atoms with van der Waals surface area (Å²) < 4.78 is 50.4. The van der Waals surface area contributed by atoms with E-state index in [4.69, 9.17) is 21.2 Å². The minimum absolute atomic E-state index is 0.0876. The zero-order valence-corrected chi connectivity index (χ0v) is 23.9. The molecule has 1 heterocycles. The molecule has 0 aromatic heterocycles. The van der Waals surface area contributed by atoms with Gasteiger partial charge in [0.15, 0.2) is 0 Å². The molecule has 0 saturated carbocycles. The van der Waals surface area contributed by atoms with Crippen molar-refractivity contribution in [1.29, 1.82) is 0 Å². The van der Waals surface area contributed by atoms with Gasteiger partial charge < -0.3 is 10.1 Å². The van der Waals surface area contributed by atoms with Crippen LogP contribution in [0.4, 0.5) is 10.1 Å². The first-order valence-electron chi connectivity index (χ1n) is 12.8. The Morgan fingerprint density at radius 3 is 2.26 bits per heavy atom. The summed E-state index contributed by atoms with van der Waals surface area (Å²) in [6, 6.07) is 22.0. The largest absolute Gasteiger partial charge is 0.496 e. The number of hydrogen-bond acceptors (Lipinski definition) is 5. The van der Waals surface area contributed by atoms with Crippen molar-refractivity contribution in [2.75, 3.05) is 19.0 Å². The third-order valence-corrected chi connectivity index (χ3v) is 8.09. The van der Waals surface area contributed by atoms with Crippen LogP contribution in [0.3, 0.4) is 0 Å². The maximum atomic E-state index is 15.4. The summed E-state index contributed by atoms with van der Waals surface area (Å²) in [6.45, 7) is 0.316. The number of carbonyl (C=O) groups is 1. The number of hydrogen-bond donors (Lipinski definition) is 2. The molecular weight excluding hydrogens is 581 g/mol. The number of benzene rings is 4. The molecule has 8 nitrogen and oxygen atoms in total. The van der Waals surface area contributed by atoms with E-state index in [-0.39, 0.29) is 10.7 Å². The molecule has 0 unspecified atom stereocenters. The van der Waals surface area contributed by atoms with Crippen LogP contribution >= 0.6 is 11.6 Å². The fraction of sp³-hybridized carbons (Fsp3) is 0.0968.